The predicted molar refractivity (Wildman–Crippen MR) is 98.5 cm³/mol. The van der Waals surface area contributed by atoms with Crippen molar-refractivity contribution in [2.24, 2.45) is 0 Å². The minimum Gasteiger partial charge on any atom is -0.390 e. The van der Waals surface area contributed by atoms with Crippen LogP contribution >= 0.6 is 0 Å². The highest BCUT2D eigenvalue weighted by atomic mass is 19.1. The smallest absolute Gasteiger partial charge is 0.163 e. The number of hydrogen-bond donors (Lipinski definition) is 3. The first-order valence-electron chi connectivity index (χ1n) is 8.56. The Hall–Kier alpha value is -3.25. The van der Waals surface area contributed by atoms with Crippen LogP contribution in [0.25, 0.3) is 5.65 Å². The quantitative estimate of drug-likeness (QED) is 0.604. The van der Waals surface area contributed by atoms with Gasteiger partial charge in [0.25, 0.3) is 0 Å². The molecule has 0 atom stereocenters. The lowest BCUT2D eigenvalue weighted by atomic mass is 10.2. The topological polar surface area (TPSA) is 125 Å². The largest absolute Gasteiger partial charge is 0.390 e. The molecule has 0 unspecified atom stereocenters. The molecule has 0 aromatic carbocycles. The third-order valence-corrected chi connectivity index (χ3v) is 4.36. The van der Waals surface area contributed by atoms with Crippen LogP contribution < -0.4 is 11.1 Å². The van der Waals surface area contributed by atoms with Gasteiger partial charge in [0.15, 0.2) is 5.65 Å². The Morgan fingerprint density at radius 1 is 1.37 bits per heavy atom. The molecule has 0 aliphatic rings. The Labute approximate surface area is 155 Å². The first-order valence-corrected chi connectivity index (χ1v) is 8.56. The molecule has 3 heterocycles. The minimum atomic E-state index is -0.538. The van der Waals surface area contributed by atoms with Crippen LogP contribution in [-0.2, 0) is 19.4 Å². The summed E-state index contributed by atoms with van der Waals surface area (Å²) >= 11 is 0. The van der Waals surface area contributed by atoms with Crippen LogP contribution in [0, 0.1) is 24.1 Å². The summed E-state index contributed by atoms with van der Waals surface area (Å²) in [6.07, 6.45) is 1.21. The number of hydrogen-bond acceptors (Lipinski definition) is 7. The molecule has 27 heavy (non-hydrogen) atoms. The van der Waals surface area contributed by atoms with Crippen molar-refractivity contribution in [3.63, 3.8) is 0 Å². The van der Waals surface area contributed by atoms with Gasteiger partial charge in [0.05, 0.1) is 12.3 Å². The van der Waals surface area contributed by atoms with Crippen molar-refractivity contribution in [2.75, 3.05) is 17.6 Å². The Balaban J connectivity index is 1.87. The number of rotatable bonds is 6. The lowest BCUT2D eigenvalue weighted by molar-refractivity contribution is 0.269. The minimum absolute atomic E-state index is 0.0105. The number of nitrogens with one attached hydrogen (secondary N) is 1. The summed E-state index contributed by atoms with van der Waals surface area (Å²) in [6, 6.07) is 4.90. The average molecular weight is 369 g/mol. The van der Waals surface area contributed by atoms with Gasteiger partial charge in [-0.2, -0.15) is 14.9 Å². The van der Waals surface area contributed by atoms with Crippen LogP contribution in [0.1, 0.15) is 35.1 Å². The number of nitriles is 1. The standard InChI is InChI=1S/C18H20FN7O/c1-3-12-10(2)25-26-16(21)13(8-20)17(24-18(12)26)22-7-6-11-4-5-14(19)15(9-27)23-11/h4-5,27H,3,6-7,9,21H2,1-2H3,(H,22,24). The number of pyridine rings is 1. The monoisotopic (exact) mass is 369 g/mol. The first-order chi connectivity index (χ1) is 13.0. The zero-order chi connectivity index (χ0) is 19.6. The molecule has 0 spiro atoms. The number of fused-ring (bicyclic) bond motifs is 1. The van der Waals surface area contributed by atoms with E-state index in [-0.39, 0.29) is 17.1 Å². The number of aromatic nitrogens is 4. The maximum atomic E-state index is 13.4. The van der Waals surface area contributed by atoms with Crippen LogP contribution in [0.2, 0.25) is 0 Å². The van der Waals surface area contributed by atoms with E-state index in [1.807, 2.05) is 13.8 Å². The molecule has 0 aliphatic carbocycles. The Morgan fingerprint density at radius 3 is 2.81 bits per heavy atom. The summed E-state index contributed by atoms with van der Waals surface area (Å²) in [5.41, 5.74) is 9.39. The molecule has 0 bridgehead atoms. The van der Waals surface area contributed by atoms with Gasteiger partial charge in [-0.25, -0.2) is 9.37 Å². The van der Waals surface area contributed by atoms with Crippen molar-refractivity contribution >= 4 is 17.3 Å². The van der Waals surface area contributed by atoms with Crippen molar-refractivity contribution in [3.8, 4) is 6.07 Å². The van der Waals surface area contributed by atoms with Crippen LogP contribution in [0.15, 0.2) is 12.1 Å². The second-order valence-electron chi connectivity index (χ2n) is 6.05. The normalized spacial score (nSPS) is 10.9. The lowest BCUT2D eigenvalue weighted by Crippen LogP contribution is -2.13. The van der Waals surface area contributed by atoms with E-state index in [1.54, 1.807) is 6.07 Å². The van der Waals surface area contributed by atoms with Crippen molar-refractivity contribution < 1.29 is 9.50 Å². The summed E-state index contributed by atoms with van der Waals surface area (Å²) in [5.74, 6) is 0.0703. The number of anilines is 2. The fraction of sp³-hybridized carbons (Fsp3) is 0.333. The van der Waals surface area contributed by atoms with Gasteiger partial charge >= 0.3 is 0 Å². The van der Waals surface area contributed by atoms with E-state index in [4.69, 9.17) is 10.8 Å². The van der Waals surface area contributed by atoms with Gasteiger partial charge in [-0.15, -0.1) is 0 Å². The van der Waals surface area contributed by atoms with Crippen molar-refractivity contribution in [2.45, 2.75) is 33.3 Å². The number of nitrogens with two attached hydrogens (primary N) is 1. The summed E-state index contributed by atoms with van der Waals surface area (Å²) in [4.78, 5) is 8.62. The third-order valence-electron chi connectivity index (χ3n) is 4.36. The van der Waals surface area contributed by atoms with Crippen LogP contribution in [0.5, 0.6) is 0 Å². The molecule has 0 saturated carbocycles. The number of halogens is 1. The molecule has 4 N–H and O–H groups in total. The van der Waals surface area contributed by atoms with Gasteiger partial charge in [0, 0.05) is 24.2 Å². The Bertz CT molecular complexity index is 1040. The van der Waals surface area contributed by atoms with Crippen molar-refractivity contribution in [1.29, 1.82) is 5.26 Å². The van der Waals surface area contributed by atoms with Gasteiger partial charge < -0.3 is 16.2 Å². The molecular weight excluding hydrogens is 349 g/mol. The van der Waals surface area contributed by atoms with Crippen molar-refractivity contribution in [3.05, 3.63) is 46.2 Å². The zero-order valence-corrected chi connectivity index (χ0v) is 15.1. The number of aliphatic hydroxyl groups excluding tert-OH is 1. The molecule has 0 amide bonds. The number of nitrogens with zero attached hydrogens (tertiary/aromatic N) is 5. The highest BCUT2D eigenvalue weighted by Gasteiger charge is 2.18. The van der Waals surface area contributed by atoms with Crippen LogP contribution in [0.4, 0.5) is 16.0 Å². The number of aryl methyl sites for hydroxylation is 2. The maximum absolute atomic E-state index is 13.4. The SMILES string of the molecule is CCc1c(C)nn2c(N)c(C#N)c(NCCc3ccc(F)c(CO)n3)nc12. The molecule has 3 rings (SSSR count). The van der Waals surface area contributed by atoms with E-state index in [2.05, 4.69) is 26.5 Å². The molecule has 8 nitrogen and oxygen atoms in total. The maximum Gasteiger partial charge on any atom is 0.163 e. The van der Waals surface area contributed by atoms with E-state index in [0.29, 0.717) is 30.1 Å². The summed E-state index contributed by atoms with van der Waals surface area (Å²) in [5, 5.41) is 26.1. The van der Waals surface area contributed by atoms with Gasteiger partial charge in [-0.1, -0.05) is 6.92 Å². The van der Waals surface area contributed by atoms with Crippen molar-refractivity contribution in [1.82, 2.24) is 19.6 Å². The summed E-state index contributed by atoms with van der Waals surface area (Å²) in [6.45, 7) is 3.84. The van der Waals surface area contributed by atoms with E-state index < -0.39 is 12.4 Å². The van der Waals surface area contributed by atoms with Gasteiger partial charge in [-0.3, -0.25) is 4.98 Å². The molecule has 9 heteroatoms. The molecule has 0 fully saturated rings. The third kappa shape index (κ3) is 3.39. The Morgan fingerprint density at radius 2 is 2.15 bits per heavy atom. The first kappa shape index (κ1) is 18.5. The van der Waals surface area contributed by atoms with Gasteiger partial charge in [0.1, 0.15) is 34.8 Å². The van der Waals surface area contributed by atoms with Crippen LogP contribution in [-0.4, -0.2) is 31.2 Å². The molecule has 3 aromatic heterocycles. The fourth-order valence-electron chi connectivity index (χ4n) is 2.96. The number of aliphatic hydroxyl groups is 1. The van der Waals surface area contributed by atoms with E-state index in [9.17, 15) is 9.65 Å². The molecular formula is C18H20FN7O. The zero-order valence-electron chi connectivity index (χ0n) is 15.1. The number of nitrogen functional groups attached to an aromatic ring is 1. The summed E-state index contributed by atoms with van der Waals surface area (Å²) in [7, 11) is 0. The second-order valence-corrected chi connectivity index (χ2v) is 6.05. The average Bonchev–Trinajstić information content (AvgIpc) is 2.98. The lowest BCUT2D eigenvalue weighted by Gasteiger charge is -2.11. The van der Waals surface area contributed by atoms with Gasteiger partial charge in [0.2, 0.25) is 0 Å². The molecule has 0 aliphatic heterocycles. The van der Waals surface area contributed by atoms with E-state index in [1.165, 1.54) is 10.6 Å². The Kier molecular flexibility index (Phi) is 5.19. The van der Waals surface area contributed by atoms with E-state index >= 15 is 0 Å². The second kappa shape index (κ2) is 7.55. The summed E-state index contributed by atoms with van der Waals surface area (Å²) < 4.78 is 14.9. The predicted octanol–water partition coefficient (Wildman–Crippen LogP) is 1.73. The fourth-order valence-corrected chi connectivity index (χ4v) is 2.96. The molecule has 140 valence electrons. The molecule has 3 aromatic rings. The van der Waals surface area contributed by atoms with E-state index in [0.717, 1.165) is 17.7 Å². The molecule has 0 saturated heterocycles. The van der Waals surface area contributed by atoms with Crippen LogP contribution in [0.3, 0.4) is 0 Å². The molecule has 0 radical (unpaired) electrons. The van der Waals surface area contributed by atoms with Gasteiger partial charge in [-0.05, 0) is 25.5 Å². The highest BCUT2D eigenvalue weighted by Crippen LogP contribution is 2.24. The highest BCUT2D eigenvalue weighted by molar-refractivity contribution is 5.69.